The van der Waals surface area contributed by atoms with Crippen LogP contribution in [0.5, 0.6) is 0 Å². The van der Waals surface area contributed by atoms with Crippen molar-refractivity contribution < 1.29 is 58.2 Å². The number of benzene rings is 2. The van der Waals surface area contributed by atoms with Gasteiger partial charge in [0, 0.05) is 86.5 Å². The molecule has 24 heteroatoms. The highest BCUT2D eigenvalue weighted by atomic mass is 32.2. The topological polar surface area (TPSA) is 311 Å². The average Bonchev–Trinajstić information content (AvgIpc) is 3.68. The van der Waals surface area contributed by atoms with Gasteiger partial charge in [0.15, 0.2) is 5.71 Å². The minimum Gasteiger partial charge on any atom is -0.481 e. The van der Waals surface area contributed by atoms with Gasteiger partial charge >= 0.3 is 5.97 Å². The van der Waals surface area contributed by atoms with E-state index in [9.17, 15) is 43.9 Å². The number of carboxylic acids is 1. The summed E-state index contributed by atoms with van der Waals surface area (Å²) in [5, 5.41) is 21.1. The molecule has 5 rings (SSSR count). The maximum atomic E-state index is 12.9. The van der Waals surface area contributed by atoms with Gasteiger partial charge in [-0.15, -0.1) is 0 Å². The number of anilines is 4. The van der Waals surface area contributed by atoms with Crippen molar-refractivity contribution in [3.05, 3.63) is 89.2 Å². The Morgan fingerprint density at radius 2 is 1.32 bits per heavy atom. The van der Waals surface area contributed by atoms with Crippen molar-refractivity contribution >= 4 is 77.2 Å². The number of fused-ring (bicyclic) bond motifs is 2. The summed E-state index contributed by atoms with van der Waals surface area (Å²) < 4.78 is 100. The van der Waals surface area contributed by atoms with Gasteiger partial charge in [0.05, 0.1) is 21.8 Å². The van der Waals surface area contributed by atoms with Gasteiger partial charge in [-0.3, -0.25) is 23.2 Å². The molecule has 0 fully saturated rings. The molecule has 0 saturated heterocycles. The first-order valence-electron chi connectivity index (χ1n) is 25.9. The molecule has 2 aliphatic heterocycles. The molecule has 1 aromatic heterocycles. The van der Waals surface area contributed by atoms with Gasteiger partial charge in [0.2, 0.25) is 29.4 Å². The summed E-state index contributed by atoms with van der Waals surface area (Å²) in [6.07, 6.45) is 17.4. The number of allylic oxidation sites excluding steroid dienone is 6. The molecule has 2 aromatic carbocycles. The Hall–Kier alpha value is -5.79. The number of nitrogens with zero attached hydrogens (tertiary/aromatic N) is 5. The van der Waals surface area contributed by atoms with E-state index in [1.807, 2.05) is 43.1 Å². The molecule has 418 valence electrons. The Bertz CT molecular complexity index is 3000. The van der Waals surface area contributed by atoms with Crippen LogP contribution >= 0.6 is 0 Å². The number of hydrogen-bond donors (Lipinski definition) is 8. The van der Waals surface area contributed by atoms with E-state index in [0.29, 0.717) is 69.4 Å². The number of hydrogen-bond acceptors (Lipinski definition) is 15. The lowest BCUT2D eigenvalue weighted by atomic mass is 9.75. The van der Waals surface area contributed by atoms with Gasteiger partial charge in [-0.1, -0.05) is 69.9 Å². The molecule has 0 spiro atoms. The fraction of sp³-hybridized carbons (Fsp3) is 0.538. The molecule has 1 atom stereocenters. The van der Waals surface area contributed by atoms with Crippen LogP contribution in [0.2, 0.25) is 0 Å². The summed E-state index contributed by atoms with van der Waals surface area (Å²) in [4.78, 5) is 38.6. The lowest BCUT2D eigenvalue weighted by Gasteiger charge is -2.27. The van der Waals surface area contributed by atoms with E-state index < -0.39 is 53.2 Å². The third-order valence-corrected chi connectivity index (χ3v) is 15.9. The Morgan fingerprint density at radius 3 is 1.95 bits per heavy atom. The van der Waals surface area contributed by atoms with Crippen LogP contribution in [0, 0.1) is 6.92 Å². The predicted molar refractivity (Wildman–Crippen MR) is 296 cm³/mol. The van der Waals surface area contributed by atoms with Crippen LogP contribution in [-0.2, 0) is 50.8 Å². The van der Waals surface area contributed by atoms with Crippen molar-refractivity contribution in [2.24, 2.45) is 0 Å². The highest BCUT2D eigenvalue weighted by molar-refractivity contribution is 7.86. The number of rotatable bonds is 33. The van der Waals surface area contributed by atoms with Crippen molar-refractivity contribution in [1.29, 1.82) is 0 Å². The molecule has 1 unspecified atom stereocenters. The van der Waals surface area contributed by atoms with Gasteiger partial charge in [-0.2, -0.15) is 44.8 Å². The van der Waals surface area contributed by atoms with E-state index in [4.69, 9.17) is 9.66 Å². The zero-order valence-electron chi connectivity index (χ0n) is 44.2. The molecule has 0 radical (unpaired) electrons. The zero-order chi connectivity index (χ0) is 55.7. The highest BCUT2D eigenvalue weighted by Gasteiger charge is 2.47. The summed E-state index contributed by atoms with van der Waals surface area (Å²) in [5.41, 5.74) is 5.82. The van der Waals surface area contributed by atoms with Crippen LogP contribution in [0.1, 0.15) is 128 Å². The normalized spacial score (nSPS) is 16.9. The lowest BCUT2D eigenvalue weighted by molar-refractivity contribution is -0.437. The number of nitrogens with one attached hydrogen (secondary N) is 4. The fourth-order valence-electron chi connectivity index (χ4n) is 9.60. The number of carboxylic acid groups (broad SMARTS) is 1. The second-order valence-corrected chi connectivity index (χ2v) is 24.5. The zero-order valence-corrected chi connectivity index (χ0v) is 46.7. The third-order valence-electron chi connectivity index (χ3n) is 13.4. The number of carbonyl (C=O) groups excluding carboxylic acids is 1. The van der Waals surface area contributed by atoms with Crippen molar-refractivity contribution in [1.82, 2.24) is 20.3 Å². The highest BCUT2D eigenvalue weighted by Crippen LogP contribution is 2.49. The number of aromatic nitrogens is 3. The molecule has 1 amide bonds. The van der Waals surface area contributed by atoms with Gasteiger partial charge in [0.1, 0.15) is 6.54 Å². The van der Waals surface area contributed by atoms with Crippen LogP contribution in [0.4, 0.5) is 29.2 Å². The number of unbranched alkanes of at least 4 members (excludes halogenated alkanes) is 4. The average molecular weight is 1120 g/mol. The molecule has 76 heavy (non-hydrogen) atoms. The van der Waals surface area contributed by atoms with Crippen LogP contribution in [0.25, 0.3) is 0 Å². The molecule has 0 bridgehead atoms. The molecular weight excluding hydrogens is 1040 g/mol. The summed E-state index contributed by atoms with van der Waals surface area (Å²) in [5.74, 6) is -0.997. The molecule has 21 nitrogen and oxygen atoms in total. The first-order chi connectivity index (χ1) is 35.8. The first-order valence-corrected chi connectivity index (χ1v) is 30.6. The Labute approximate surface area is 448 Å². The van der Waals surface area contributed by atoms with Gasteiger partial charge in [-0.25, -0.2) is 0 Å². The van der Waals surface area contributed by atoms with E-state index in [2.05, 4.69) is 85.8 Å². The summed E-state index contributed by atoms with van der Waals surface area (Å²) in [7, 11) is -12.8. The van der Waals surface area contributed by atoms with Crippen molar-refractivity contribution in [3.63, 3.8) is 0 Å². The van der Waals surface area contributed by atoms with Crippen LogP contribution < -0.4 is 26.2 Å². The molecule has 0 saturated carbocycles. The molecule has 3 aromatic rings. The second kappa shape index (κ2) is 27.5. The van der Waals surface area contributed by atoms with Crippen molar-refractivity contribution in [2.45, 2.75) is 134 Å². The third kappa shape index (κ3) is 18.2. The number of carbonyl (C=O) groups is 2. The standard InChI is InChI=1S/C52H75N9O12S3/c1-6-32-60-43-25-23-38(2)36-41(43)52(5,45(60)20-11-7-10-19-44-51(3,4)40-37-39(76(71,72)73)24-26-42(40)61(44)33-18-35-75(68,69)70)27-14-8-12-21-46(62)53-29-16-30-55-49-57-48(54-28-15-9-13-22-47(63)64)58-50(59-49)56-31-17-34-74(65,66)67/h7,10-11,19-20,23-26,36-37H,6,8-9,12-18,21-22,27-35H2,1-5H3,(H7-,53,54,55,56,57,58,59,62,63,64,65,66,67,68,69,70,71,72,73)/p+1. The van der Waals surface area contributed by atoms with E-state index >= 15 is 0 Å². The van der Waals surface area contributed by atoms with Crippen LogP contribution in [0.15, 0.2) is 77.4 Å². The molecule has 0 aliphatic carbocycles. The number of aryl methyl sites for hydroxylation is 1. The summed E-state index contributed by atoms with van der Waals surface area (Å²) in [6, 6.07) is 11.0. The second-order valence-electron chi connectivity index (χ2n) is 20.0. The maximum Gasteiger partial charge on any atom is 0.303 e. The minimum atomic E-state index is -4.48. The summed E-state index contributed by atoms with van der Waals surface area (Å²) >= 11 is 0. The molecule has 3 heterocycles. The van der Waals surface area contributed by atoms with Gasteiger partial charge < -0.3 is 31.3 Å². The monoisotopic (exact) mass is 1110 g/mol. The van der Waals surface area contributed by atoms with Gasteiger partial charge in [0.25, 0.3) is 30.4 Å². The predicted octanol–water partition coefficient (Wildman–Crippen LogP) is 7.58. The number of aliphatic carboxylic acids is 1. The largest absolute Gasteiger partial charge is 0.481 e. The first kappa shape index (κ1) is 61.1. The van der Waals surface area contributed by atoms with E-state index in [1.54, 1.807) is 6.07 Å². The van der Waals surface area contributed by atoms with Crippen molar-refractivity contribution in [2.75, 3.05) is 71.6 Å². The van der Waals surface area contributed by atoms with E-state index in [1.165, 1.54) is 23.4 Å². The summed E-state index contributed by atoms with van der Waals surface area (Å²) in [6.45, 7) is 13.0. The Balaban J connectivity index is 1.17. The molecule has 8 N–H and O–H groups in total. The van der Waals surface area contributed by atoms with E-state index in [-0.39, 0.29) is 66.4 Å². The van der Waals surface area contributed by atoms with Crippen molar-refractivity contribution in [3.8, 4) is 0 Å². The van der Waals surface area contributed by atoms with Crippen LogP contribution in [-0.4, -0.2) is 132 Å². The van der Waals surface area contributed by atoms with Gasteiger partial charge in [-0.05, 0) is 94.7 Å². The Kier molecular flexibility index (Phi) is 22.1. The molecular formula is C52H76N9O12S3+. The minimum absolute atomic E-state index is 0.0422. The SMILES string of the molecule is CCC[N+]1=C(/C=C/C=C/C=C2/N(CCCS(=O)(=O)O)c3ccc(S(=O)(=O)O)cc3C2(C)C)C(C)(CCCCCC(=O)NCCCNc2nc(NCCCCCC(=O)O)nc(NCCCS(=O)(=O)O)n2)c2cc(C)ccc21. The molecule has 2 aliphatic rings. The Morgan fingerprint density at radius 1 is 0.697 bits per heavy atom. The number of amides is 1. The lowest BCUT2D eigenvalue weighted by Crippen LogP contribution is -2.31. The quantitative estimate of drug-likeness (QED) is 0.0126. The maximum absolute atomic E-state index is 12.9. The fourth-order valence-corrected chi connectivity index (χ4v) is 11.1. The smallest absolute Gasteiger partial charge is 0.303 e. The van der Waals surface area contributed by atoms with Crippen LogP contribution in [0.3, 0.4) is 0 Å². The van der Waals surface area contributed by atoms with E-state index in [0.717, 1.165) is 49.2 Å².